The highest BCUT2D eigenvalue weighted by Crippen LogP contribution is 2.19. The van der Waals surface area contributed by atoms with Crippen LogP contribution in [0.4, 0.5) is 0 Å². The lowest BCUT2D eigenvalue weighted by molar-refractivity contribution is -0.120. The van der Waals surface area contributed by atoms with Crippen molar-refractivity contribution in [1.29, 1.82) is 0 Å². The van der Waals surface area contributed by atoms with Gasteiger partial charge in [0.25, 0.3) is 5.91 Å². The van der Waals surface area contributed by atoms with Crippen molar-refractivity contribution in [2.75, 3.05) is 6.54 Å². The second-order valence-corrected chi connectivity index (χ2v) is 5.47. The molecule has 0 atom stereocenters. The van der Waals surface area contributed by atoms with Crippen LogP contribution in [0.2, 0.25) is 0 Å². The highest BCUT2D eigenvalue weighted by molar-refractivity contribution is 5.96. The predicted octanol–water partition coefficient (Wildman–Crippen LogP) is 2.36. The third-order valence-electron chi connectivity index (χ3n) is 3.61. The molecule has 0 unspecified atom stereocenters. The van der Waals surface area contributed by atoms with Crippen LogP contribution in [0.5, 0.6) is 0 Å². The number of benzene rings is 2. The average Bonchev–Trinajstić information content (AvgIpc) is 3.37. The molecule has 0 saturated heterocycles. The molecule has 0 heterocycles. The molecule has 112 valence electrons. The first-order valence-electron chi connectivity index (χ1n) is 7.45. The van der Waals surface area contributed by atoms with Gasteiger partial charge in [-0.05, 0) is 36.1 Å². The first-order chi connectivity index (χ1) is 10.7. The van der Waals surface area contributed by atoms with E-state index in [9.17, 15) is 9.59 Å². The van der Waals surface area contributed by atoms with Crippen molar-refractivity contribution in [3.05, 3.63) is 60.2 Å². The quantitative estimate of drug-likeness (QED) is 0.889. The maximum Gasteiger partial charge on any atom is 0.251 e. The van der Waals surface area contributed by atoms with Crippen LogP contribution in [0.25, 0.3) is 11.1 Å². The Morgan fingerprint density at radius 3 is 2.18 bits per heavy atom. The Bertz CT molecular complexity index is 661. The highest BCUT2D eigenvalue weighted by Gasteiger charge is 2.23. The molecule has 1 aliphatic rings. The minimum atomic E-state index is -0.231. The van der Waals surface area contributed by atoms with Crippen LogP contribution in [0, 0.1) is 0 Å². The Morgan fingerprint density at radius 1 is 0.909 bits per heavy atom. The van der Waals surface area contributed by atoms with Crippen LogP contribution in [0.3, 0.4) is 0 Å². The average molecular weight is 294 g/mol. The van der Waals surface area contributed by atoms with Crippen molar-refractivity contribution in [2.24, 2.45) is 0 Å². The molecule has 0 bridgehead atoms. The number of hydrogen-bond donors (Lipinski definition) is 2. The van der Waals surface area contributed by atoms with Crippen molar-refractivity contribution in [1.82, 2.24) is 10.6 Å². The van der Waals surface area contributed by atoms with E-state index in [1.54, 1.807) is 12.1 Å². The Morgan fingerprint density at radius 2 is 1.55 bits per heavy atom. The summed E-state index contributed by atoms with van der Waals surface area (Å²) in [6.07, 6.45) is 2.08. The number of carbonyl (C=O) groups is 2. The normalized spacial score (nSPS) is 13.5. The van der Waals surface area contributed by atoms with Crippen LogP contribution < -0.4 is 10.6 Å². The molecule has 0 radical (unpaired) electrons. The van der Waals surface area contributed by atoms with Gasteiger partial charge in [0.05, 0.1) is 6.54 Å². The number of amides is 2. The molecule has 3 rings (SSSR count). The summed E-state index contributed by atoms with van der Waals surface area (Å²) in [5.74, 6) is -0.359. The monoisotopic (exact) mass is 294 g/mol. The third kappa shape index (κ3) is 3.73. The molecule has 22 heavy (non-hydrogen) atoms. The number of hydrogen-bond acceptors (Lipinski definition) is 2. The fraction of sp³-hybridized carbons (Fsp3) is 0.222. The highest BCUT2D eigenvalue weighted by atomic mass is 16.2. The second-order valence-electron chi connectivity index (χ2n) is 5.47. The van der Waals surface area contributed by atoms with Gasteiger partial charge in [-0.25, -0.2) is 0 Å². The molecule has 4 nitrogen and oxygen atoms in total. The molecule has 1 fully saturated rings. The Labute approximate surface area is 129 Å². The Balaban J connectivity index is 1.57. The van der Waals surface area contributed by atoms with E-state index in [-0.39, 0.29) is 18.4 Å². The number of rotatable bonds is 5. The smallest absolute Gasteiger partial charge is 0.251 e. The lowest BCUT2D eigenvalue weighted by Gasteiger charge is -2.07. The van der Waals surface area contributed by atoms with Gasteiger partial charge in [-0.2, -0.15) is 0 Å². The molecule has 4 heteroatoms. The minimum absolute atomic E-state index is 0.0236. The summed E-state index contributed by atoms with van der Waals surface area (Å²) < 4.78 is 0. The molecule has 0 aromatic heterocycles. The maximum absolute atomic E-state index is 12.0. The SMILES string of the molecule is O=C(CNC(=O)c1ccc(-c2ccccc2)cc1)NC1CC1. The van der Waals surface area contributed by atoms with Crippen LogP contribution in [-0.2, 0) is 4.79 Å². The van der Waals surface area contributed by atoms with Gasteiger partial charge >= 0.3 is 0 Å². The van der Waals surface area contributed by atoms with Gasteiger partial charge in [0.15, 0.2) is 0 Å². The van der Waals surface area contributed by atoms with Crippen molar-refractivity contribution in [3.63, 3.8) is 0 Å². The van der Waals surface area contributed by atoms with Crippen molar-refractivity contribution < 1.29 is 9.59 Å². The number of carbonyl (C=O) groups excluding carboxylic acids is 2. The van der Waals surface area contributed by atoms with E-state index >= 15 is 0 Å². The van der Waals surface area contributed by atoms with E-state index in [4.69, 9.17) is 0 Å². The van der Waals surface area contributed by atoms with Crippen LogP contribution in [0.1, 0.15) is 23.2 Å². The van der Waals surface area contributed by atoms with Gasteiger partial charge in [-0.15, -0.1) is 0 Å². The summed E-state index contributed by atoms with van der Waals surface area (Å²) in [5, 5.41) is 5.48. The van der Waals surface area contributed by atoms with Gasteiger partial charge in [0.2, 0.25) is 5.91 Å². The summed E-state index contributed by atoms with van der Waals surface area (Å²) >= 11 is 0. The zero-order valence-electron chi connectivity index (χ0n) is 12.2. The minimum Gasteiger partial charge on any atom is -0.352 e. The molecule has 0 spiro atoms. The van der Waals surface area contributed by atoms with Gasteiger partial charge in [0, 0.05) is 11.6 Å². The molecule has 0 aliphatic heterocycles. The van der Waals surface area contributed by atoms with Crippen LogP contribution in [0.15, 0.2) is 54.6 Å². The molecule has 1 aliphatic carbocycles. The lowest BCUT2D eigenvalue weighted by Crippen LogP contribution is -2.37. The molecule has 2 aromatic carbocycles. The second kappa shape index (κ2) is 6.43. The molecule has 1 saturated carbocycles. The fourth-order valence-electron chi connectivity index (χ4n) is 2.21. The van der Waals surface area contributed by atoms with E-state index in [1.807, 2.05) is 42.5 Å². The maximum atomic E-state index is 12.0. The molecular weight excluding hydrogens is 276 g/mol. The first kappa shape index (κ1) is 14.3. The van der Waals surface area contributed by atoms with E-state index < -0.39 is 0 Å². The predicted molar refractivity (Wildman–Crippen MR) is 85.4 cm³/mol. The van der Waals surface area contributed by atoms with Gasteiger partial charge in [0.1, 0.15) is 0 Å². The Hall–Kier alpha value is -2.62. The first-order valence-corrected chi connectivity index (χ1v) is 7.45. The standard InChI is InChI=1S/C18H18N2O2/c21-17(20-16-10-11-16)12-19-18(22)15-8-6-14(7-9-15)13-4-2-1-3-5-13/h1-9,16H,10-12H2,(H,19,22)(H,20,21). The summed E-state index contributed by atoms with van der Waals surface area (Å²) in [4.78, 5) is 23.5. The van der Waals surface area contributed by atoms with E-state index in [0.717, 1.165) is 24.0 Å². The third-order valence-corrected chi connectivity index (χ3v) is 3.61. The van der Waals surface area contributed by atoms with Gasteiger partial charge in [-0.1, -0.05) is 42.5 Å². The van der Waals surface area contributed by atoms with Gasteiger partial charge < -0.3 is 10.6 Å². The van der Waals surface area contributed by atoms with Gasteiger partial charge in [-0.3, -0.25) is 9.59 Å². The van der Waals surface area contributed by atoms with E-state index in [2.05, 4.69) is 10.6 Å². The van der Waals surface area contributed by atoms with Crippen molar-refractivity contribution in [2.45, 2.75) is 18.9 Å². The summed E-state index contributed by atoms with van der Waals surface area (Å²) in [6, 6.07) is 17.7. The van der Waals surface area contributed by atoms with Crippen LogP contribution in [-0.4, -0.2) is 24.4 Å². The Kier molecular flexibility index (Phi) is 4.19. The zero-order chi connectivity index (χ0) is 15.4. The van der Waals surface area contributed by atoms with Crippen LogP contribution >= 0.6 is 0 Å². The molecule has 2 amide bonds. The number of nitrogens with one attached hydrogen (secondary N) is 2. The largest absolute Gasteiger partial charge is 0.352 e. The lowest BCUT2D eigenvalue weighted by atomic mass is 10.0. The van der Waals surface area contributed by atoms with E-state index in [0.29, 0.717) is 11.6 Å². The summed E-state index contributed by atoms with van der Waals surface area (Å²) in [6.45, 7) is 0.0236. The molecule has 2 N–H and O–H groups in total. The molecule has 2 aromatic rings. The molecular formula is C18H18N2O2. The topological polar surface area (TPSA) is 58.2 Å². The zero-order valence-corrected chi connectivity index (χ0v) is 12.2. The fourth-order valence-corrected chi connectivity index (χ4v) is 2.21. The summed E-state index contributed by atoms with van der Waals surface area (Å²) in [5.41, 5.74) is 2.72. The van der Waals surface area contributed by atoms with E-state index in [1.165, 1.54) is 0 Å². The summed E-state index contributed by atoms with van der Waals surface area (Å²) in [7, 11) is 0. The van der Waals surface area contributed by atoms with Crippen molar-refractivity contribution >= 4 is 11.8 Å². The van der Waals surface area contributed by atoms with Crippen molar-refractivity contribution in [3.8, 4) is 11.1 Å².